The second-order valence-corrected chi connectivity index (χ2v) is 3.05. The van der Waals surface area contributed by atoms with Crippen molar-refractivity contribution in [1.82, 2.24) is 4.90 Å². The normalized spacial score (nSPS) is 19.0. The zero-order chi connectivity index (χ0) is 8.10. The van der Waals surface area contributed by atoms with Gasteiger partial charge in [0.1, 0.15) is 0 Å². The monoisotopic (exact) mass is 154 g/mol. The Morgan fingerprint density at radius 1 is 1.45 bits per heavy atom. The van der Waals surface area contributed by atoms with Crippen LogP contribution in [-0.4, -0.2) is 23.9 Å². The molecule has 11 heavy (non-hydrogen) atoms. The first-order valence-corrected chi connectivity index (χ1v) is 4.41. The van der Waals surface area contributed by atoms with Crippen LogP contribution in [0.1, 0.15) is 32.1 Å². The van der Waals surface area contributed by atoms with Gasteiger partial charge in [0.15, 0.2) is 0 Å². The Morgan fingerprint density at radius 3 is 2.91 bits per heavy atom. The summed E-state index contributed by atoms with van der Waals surface area (Å²) in [5, 5.41) is 0. The highest BCUT2D eigenvalue weighted by atomic mass is 16.2. The van der Waals surface area contributed by atoms with Gasteiger partial charge in [0, 0.05) is 19.5 Å². The number of carbonyl (C=O) groups is 1. The third-order valence-electron chi connectivity index (χ3n) is 2.10. The SMILES string of the molecule is [CH2]CCCN1CCCCC1=O. The van der Waals surface area contributed by atoms with Crippen molar-refractivity contribution in [3.63, 3.8) is 0 Å². The van der Waals surface area contributed by atoms with Gasteiger partial charge in [0.05, 0.1) is 0 Å². The standard InChI is InChI=1S/C9H16NO/c1-2-3-7-10-8-5-4-6-9(10)11/h1-8H2. The maximum Gasteiger partial charge on any atom is 0.222 e. The number of unbranched alkanes of at least 4 members (excludes halogenated alkanes) is 1. The van der Waals surface area contributed by atoms with E-state index in [1.165, 1.54) is 6.42 Å². The number of nitrogens with zero attached hydrogens (tertiary/aromatic N) is 1. The third kappa shape index (κ3) is 2.52. The summed E-state index contributed by atoms with van der Waals surface area (Å²) in [6.07, 6.45) is 5.01. The van der Waals surface area contributed by atoms with E-state index in [2.05, 4.69) is 6.92 Å². The van der Waals surface area contributed by atoms with Crippen LogP contribution in [0.4, 0.5) is 0 Å². The van der Waals surface area contributed by atoms with Crippen LogP contribution < -0.4 is 0 Å². The fourth-order valence-corrected chi connectivity index (χ4v) is 1.40. The smallest absolute Gasteiger partial charge is 0.222 e. The molecule has 0 saturated carbocycles. The number of hydrogen-bond donors (Lipinski definition) is 0. The highest BCUT2D eigenvalue weighted by molar-refractivity contribution is 5.76. The van der Waals surface area contributed by atoms with Crippen LogP contribution in [0.5, 0.6) is 0 Å². The molecule has 1 radical (unpaired) electrons. The maximum atomic E-state index is 11.2. The molecule has 63 valence electrons. The second-order valence-electron chi connectivity index (χ2n) is 3.05. The Labute approximate surface area is 68.6 Å². The summed E-state index contributed by atoms with van der Waals surface area (Å²) >= 11 is 0. The van der Waals surface area contributed by atoms with Gasteiger partial charge in [-0.1, -0.05) is 13.3 Å². The summed E-state index contributed by atoms with van der Waals surface area (Å²) in [5.41, 5.74) is 0. The summed E-state index contributed by atoms with van der Waals surface area (Å²) in [7, 11) is 0. The van der Waals surface area contributed by atoms with Crippen molar-refractivity contribution in [2.24, 2.45) is 0 Å². The molecule has 0 aromatic heterocycles. The average molecular weight is 154 g/mol. The fourth-order valence-electron chi connectivity index (χ4n) is 1.40. The molecule has 2 heteroatoms. The first-order chi connectivity index (χ1) is 5.34. The topological polar surface area (TPSA) is 20.3 Å². The first kappa shape index (κ1) is 8.57. The van der Waals surface area contributed by atoms with Gasteiger partial charge in [0.2, 0.25) is 5.91 Å². The molecule has 0 atom stereocenters. The lowest BCUT2D eigenvalue weighted by Gasteiger charge is -2.26. The van der Waals surface area contributed by atoms with Gasteiger partial charge in [-0.05, 0) is 19.3 Å². The van der Waals surface area contributed by atoms with Gasteiger partial charge >= 0.3 is 0 Å². The molecule has 0 bridgehead atoms. The van der Waals surface area contributed by atoms with Crippen LogP contribution in [0.15, 0.2) is 0 Å². The summed E-state index contributed by atoms with van der Waals surface area (Å²) in [5.74, 6) is 0.338. The van der Waals surface area contributed by atoms with Gasteiger partial charge in [-0.2, -0.15) is 0 Å². The van der Waals surface area contributed by atoms with E-state index in [0.717, 1.165) is 38.8 Å². The lowest BCUT2D eigenvalue weighted by atomic mass is 10.1. The summed E-state index contributed by atoms with van der Waals surface area (Å²) < 4.78 is 0. The number of hydrogen-bond acceptors (Lipinski definition) is 1. The Kier molecular flexibility index (Phi) is 3.40. The van der Waals surface area contributed by atoms with Crippen LogP contribution >= 0.6 is 0 Å². The molecule has 2 nitrogen and oxygen atoms in total. The van der Waals surface area contributed by atoms with E-state index in [1.807, 2.05) is 4.90 Å². The average Bonchev–Trinajstić information content (AvgIpc) is 2.03. The van der Waals surface area contributed by atoms with Crippen molar-refractivity contribution in [2.75, 3.05) is 13.1 Å². The molecule has 0 aromatic rings. The summed E-state index contributed by atoms with van der Waals surface area (Å²) in [4.78, 5) is 13.2. The lowest BCUT2D eigenvalue weighted by Crippen LogP contribution is -2.35. The first-order valence-electron chi connectivity index (χ1n) is 4.41. The minimum atomic E-state index is 0.338. The van der Waals surface area contributed by atoms with Gasteiger partial charge in [-0.15, -0.1) is 0 Å². The number of rotatable bonds is 3. The van der Waals surface area contributed by atoms with Crippen molar-refractivity contribution in [1.29, 1.82) is 0 Å². The van der Waals surface area contributed by atoms with E-state index in [9.17, 15) is 4.79 Å². The Bertz CT molecular complexity index is 134. The van der Waals surface area contributed by atoms with Crippen LogP contribution in [0.25, 0.3) is 0 Å². The van der Waals surface area contributed by atoms with Crippen LogP contribution in [0, 0.1) is 6.92 Å². The van der Waals surface area contributed by atoms with Crippen molar-refractivity contribution in [3.8, 4) is 0 Å². The van der Waals surface area contributed by atoms with Crippen LogP contribution in [-0.2, 0) is 4.79 Å². The van der Waals surface area contributed by atoms with E-state index < -0.39 is 0 Å². The molecule has 1 rings (SSSR count). The second kappa shape index (κ2) is 4.37. The number of amides is 1. The summed E-state index contributed by atoms with van der Waals surface area (Å²) in [6.45, 7) is 5.65. The molecule has 1 aliphatic heterocycles. The minimum Gasteiger partial charge on any atom is -0.343 e. The molecule has 0 N–H and O–H groups in total. The molecule has 1 saturated heterocycles. The van der Waals surface area contributed by atoms with E-state index in [0.29, 0.717) is 5.91 Å². The Balaban J connectivity index is 2.24. The molecule has 1 fully saturated rings. The van der Waals surface area contributed by atoms with Crippen LogP contribution in [0.3, 0.4) is 0 Å². The van der Waals surface area contributed by atoms with Crippen LogP contribution in [0.2, 0.25) is 0 Å². The van der Waals surface area contributed by atoms with E-state index in [4.69, 9.17) is 0 Å². The molecule has 0 unspecified atom stereocenters. The number of piperidine rings is 1. The van der Waals surface area contributed by atoms with E-state index >= 15 is 0 Å². The van der Waals surface area contributed by atoms with Gasteiger partial charge in [0.25, 0.3) is 0 Å². The number of likely N-dealkylation sites (tertiary alicyclic amines) is 1. The van der Waals surface area contributed by atoms with E-state index in [1.54, 1.807) is 0 Å². The molecular formula is C9H16NO. The number of carbonyl (C=O) groups excluding carboxylic acids is 1. The third-order valence-corrected chi connectivity index (χ3v) is 2.10. The summed E-state index contributed by atoms with van der Waals surface area (Å²) in [6, 6.07) is 0. The molecule has 0 aliphatic carbocycles. The highest BCUT2D eigenvalue weighted by Crippen LogP contribution is 2.10. The molecule has 1 amide bonds. The Morgan fingerprint density at radius 2 is 2.27 bits per heavy atom. The molecule has 0 spiro atoms. The zero-order valence-electron chi connectivity index (χ0n) is 7.01. The largest absolute Gasteiger partial charge is 0.343 e. The molecule has 1 aliphatic rings. The van der Waals surface area contributed by atoms with Crippen molar-refractivity contribution in [3.05, 3.63) is 6.92 Å². The fraction of sp³-hybridized carbons (Fsp3) is 0.778. The Hall–Kier alpha value is -0.530. The van der Waals surface area contributed by atoms with Crippen molar-refractivity contribution in [2.45, 2.75) is 32.1 Å². The predicted molar refractivity (Wildman–Crippen MR) is 45.0 cm³/mol. The van der Waals surface area contributed by atoms with Gasteiger partial charge in [-0.3, -0.25) is 4.79 Å². The highest BCUT2D eigenvalue weighted by Gasteiger charge is 2.16. The molecule has 0 aromatic carbocycles. The quantitative estimate of drug-likeness (QED) is 0.604. The maximum absolute atomic E-state index is 11.2. The van der Waals surface area contributed by atoms with Gasteiger partial charge in [-0.25, -0.2) is 0 Å². The molecule has 1 heterocycles. The van der Waals surface area contributed by atoms with Crippen molar-refractivity contribution >= 4 is 5.91 Å². The van der Waals surface area contributed by atoms with E-state index in [-0.39, 0.29) is 0 Å². The van der Waals surface area contributed by atoms with Crippen molar-refractivity contribution < 1.29 is 4.79 Å². The molecular weight excluding hydrogens is 138 g/mol. The minimum absolute atomic E-state index is 0.338. The zero-order valence-corrected chi connectivity index (χ0v) is 7.01. The van der Waals surface area contributed by atoms with Gasteiger partial charge < -0.3 is 4.90 Å². The predicted octanol–water partition coefficient (Wildman–Crippen LogP) is 1.61. The lowest BCUT2D eigenvalue weighted by molar-refractivity contribution is -0.133.